The van der Waals surface area contributed by atoms with Gasteiger partial charge in [0, 0.05) is 24.5 Å². The highest BCUT2D eigenvalue weighted by Crippen LogP contribution is 2.35. The van der Waals surface area contributed by atoms with Gasteiger partial charge in [0.15, 0.2) is 0 Å². The maximum Gasteiger partial charge on any atom is 0.227 e. The summed E-state index contributed by atoms with van der Waals surface area (Å²) in [5.41, 5.74) is 1.34. The Bertz CT molecular complexity index is 826. The molecule has 3 rings (SSSR count). The standard InChI is InChI=1S/C19H18ClFN2O3/c1-26-17-7-4-14(20)9-16(17)23-11-13(8-18(23)24)19(25)22-10-12-2-5-15(21)6-3-12/h2-7,9,13H,8,10-11H2,1H3,(H,22,25)/t13-/m1/s1. The zero-order valence-corrected chi connectivity index (χ0v) is 14.9. The average Bonchev–Trinajstić information content (AvgIpc) is 3.02. The molecule has 136 valence electrons. The number of hydrogen-bond acceptors (Lipinski definition) is 3. The van der Waals surface area contributed by atoms with Crippen molar-refractivity contribution >= 4 is 29.1 Å². The minimum atomic E-state index is -0.466. The van der Waals surface area contributed by atoms with Crippen molar-refractivity contribution in [1.29, 1.82) is 0 Å². The van der Waals surface area contributed by atoms with Crippen LogP contribution in [-0.4, -0.2) is 25.5 Å². The zero-order chi connectivity index (χ0) is 18.7. The van der Waals surface area contributed by atoms with Crippen molar-refractivity contribution in [3.63, 3.8) is 0 Å². The number of carbonyl (C=O) groups excluding carboxylic acids is 2. The fourth-order valence-electron chi connectivity index (χ4n) is 2.93. The molecule has 2 amide bonds. The van der Waals surface area contributed by atoms with Gasteiger partial charge in [0.2, 0.25) is 11.8 Å². The highest BCUT2D eigenvalue weighted by atomic mass is 35.5. The van der Waals surface area contributed by atoms with Crippen molar-refractivity contribution in [2.24, 2.45) is 5.92 Å². The molecule has 2 aromatic carbocycles. The van der Waals surface area contributed by atoms with Gasteiger partial charge in [0.25, 0.3) is 0 Å². The third-order valence-corrected chi connectivity index (χ3v) is 4.54. The second-order valence-electron chi connectivity index (χ2n) is 6.07. The molecule has 1 fully saturated rings. The van der Waals surface area contributed by atoms with Crippen LogP contribution in [0.2, 0.25) is 5.02 Å². The number of benzene rings is 2. The Morgan fingerprint density at radius 3 is 2.73 bits per heavy atom. The van der Waals surface area contributed by atoms with Crippen LogP contribution in [0.25, 0.3) is 0 Å². The molecule has 1 N–H and O–H groups in total. The lowest BCUT2D eigenvalue weighted by atomic mass is 10.1. The number of nitrogens with zero attached hydrogens (tertiary/aromatic N) is 1. The zero-order valence-electron chi connectivity index (χ0n) is 14.2. The summed E-state index contributed by atoms with van der Waals surface area (Å²) in [7, 11) is 1.51. The first-order valence-corrected chi connectivity index (χ1v) is 8.52. The maximum atomic E-state index is 12.9. The van der Waals surface area contributed by atoms with Crippen molar-refractivity contribution in [3.05, 3.63) is 58.9 Å². The molecule has 1 atom stereocenters. The summed E-state index contributed by atoms with van der Waals surface area (Å²) in [6.07, 6.45) is 0.116. The number of amides is 2. The third kappa shape index (κ3) is 3.96. The topological polar surface area (TPSA) is 58.6 Å². The summed E-state index contributed by atoms with van der Waals surface area (Å²) in [5, 5.41) is 3.28. The summed E-state index contributed by atoms with van der Waals surface area (Å²) in [4.78, 5) is 26.3. The molecule has 0 saturated carbocycles. The lowest BCUT2D eigenvalue weighted by Crippen LogP contribution is -2.32. The first kappa shape index (κ1) is 18.2. The molecule has 7 heteroatoms. The lowest BCUT2D eigenvalue weighted by molar-refractivity contribution is -0.126. The van der Waals surface area contributed by atoms with E-state index in [1.165, 1.54) is 24.1 Å². The van der Waals surface area contributed by atoms with Crippen LogP contribution in [0.3, 0.4) is 0 Å². The minimum Gasteiger partial charge on any atom is -0.495 e. The van der Waals surface area contributed by atoms with Gasteiger partial charge in [-0.3, -0.25) is 9.59 Å². The van der Waals surface area contributed by atoms with Crippen LogP contribution in [0.15, 0.2) is 42.5 Å². The monoisotopic (exact) mass is 376 g/mol. The Balaban J connectivity index is 1.66. The van der Waals surface area contributed by atoms with Gasteiger partial charge >= 0.3 is 0 Å². The van der Waals surface area contributed by atoms with Crippen molar-refractivity contribution < 1.29 is 18.7 Å². The molecule has 5 nitrogen and oxygen atoms in total. The van der Waals surface area contributed by atoms with Gasteiger partial charge in [0.1, 0.15) is 11.6 Å². The van der Waals surface area contributed by atoms with Gasteiger partial charge in [0.05, 0.1) is 18.7 Å². The number of rotatable bonds is 5. The van der Waals surface area contributed by atoms with E-state index in [4.69, 9.17) is 16.3 Å². The number of halogens is 2. The number of hydrogen-bond donors (Lipinski definition) is 1. The molecular weight excluding hydrogens is 359 g/mol. The van der Waals surface area contributed by atoms with E-state index in [-0.39, 0.29) is 37.1 Å². The molecule has 0 unspecified atom stereocenters. The van der Waals surface area contributed by atoms with Crippen LogP contribution in [0.4, 0.5) is 10.1 Å². The molecule has 1 heterocycles. The third-order valence-electron chi connectivity index (χ3n) is 4.31. The molecule has 0 spiro atoms. The number of ether oxygens (including phenoxy) is 1. The van der Waals surface area contributed by atoms with Gasteiger partial charge < -0.3 is 15.0 Å². The molecular formula is C19H18ClFN2O3. The number of carbonyl (C=O) groups is 2. The lowest BCUT2D eigenvalue weighted by Gasteiger charge is -2.20. The Morgan fingerprint density at radius 1 is 1.31 bits per heavy atom. The van der Waals surface area contributed by atoms with Crippen LogP contribution >= 0.6 is 11.6 Å². The molecule has 0 aliphatic carbocycles. The van der Waals surface area contributed by atoms with Gasteiger partial charge in [-0.2, -0.15) is 0 Å². The second kappa shape index (κ2) is 7.74. The van der Waals surface area contributed by atoms with Crippen molar-refractivity contribution in [3.8, 4) is 5.75 Å². The van der Waals surface area contributed by atoms with Crippen molar-refractivity contribution in [2.75, 3.05) is 18.6 Å². The van der Waals surface area contributed by atoms with Crippen LogP contribution in [0.1, 0.15) is 12.0 Å². The summed E-state index contributed by atoms with van der Waals surface area (Å²) in [6, 6.07) is 10.9. The Morgan fingerprint density at radius 2 is 2.04 bits per heavy atom. The Kier molecular flexibility index (Phi) is 5.42. The van der Waals surface area contributed by atoms with Gasteiger partial charge in [-0.25, -0.2) is 4.39 Å². The Hall–Kier alpha value is -2.60. The smallest absolute Gasteiger partial charge is 0.227 e. The molecule has 1 aliphatic rings. The molecule has 0 bridgehead atoms. The first-order valence-electron chi connectivity index (χ1n) is 8.14. The van der Waals surface area contributed by atoms with Crippen LogP contribution in [-0.2, 0) is 16.1 Å². The average molecular weight is 377 g/mol. The van der Waals surface area contributed by atoms with E-state index in [0.29, 0.717) is 16.5 Å². The Labute approximate surface area is 155 Å². The number of anilines is 1. The van der Waals surface area contributed by atoms with E-state index in [9.17, 15) is 14.0 Å². The van der Waals surface area contributed by atoms with E-state index in [2.05, 4.69) is 5.32 Å². The molecule has 1 aliphatic heterocycles. The molecule has 2 aromatic rings. The summed E-state index contributed by atoms with van der Waals surface area (Å²) in [5.74, 6) is -0.645. The van der Waals surface area contributed by atoms with E-state index >= 15 is 0 Å². The molecule has 26 heavy (non-hydrogen) atoms. The van der Waals surface area contributed by atoms with Gasteiger partial charge in [-0.05, 0) is 35.9 Å². The van der Waals surface area contributed by atoms with Crippen molar-refractivity contribution in [1.82, 2.24) is 5.32 Å². The maximum absolute atomic E-state index is 12.9. The fourth-order valence-corrected chi connectivity index (χ4v) is 3.09. The highest BCUT2D eigenvalue weighted by molar-refractivity contribution is 6.31. The van der Waals surface area contributed by atoms with E-state index in [1.807, 2.05) is 0 Å². The van der Waals surface area contributed by atoms with Crippen LogP contribution in [0, 0.1) is 11.7 Å². The minimum absolute atomic E-state index is 0.116. The van der Waals surface area contributed by atoms with Crippen LogP contribution < -0.4 is 15.0 Å². The normalized spacial score (nSPS) is 16.7. The predicted octanol–water partition coefficient (Wildman–Crippen LogP) is 3.16. The van der Waals surface area contributed by atoms with E-state index < -0.39 is 5.92 Å². The number of methoxy groups -OCH3 is 1. The van der Waals surface area contributed by atoms with Gasteiger partial charge in [-0.1, -0.05) is 23.7 Å². The molecule has 1 saturated heterocycles. The van der Waals surface area contributed by atoms with Crippen molar-refractivity contribution in [2.45, 2.75) is 13.0 Å². The molecule has 0 aromatic heterocycles. The fraction of sp³-hybridized carbons (Fsp3) is 0.263. The summed E-state index contributed by atoms with van der Waals surface area (Å²) < 4.78 is 18.2. The first-order chi connectivity index (χ1) is 12.5. The largest absolute Gasteiger partial charge is 0.495 e. The molecule has 0 radical (unpaired) electrons. The highest BCUT2D eigenvalue weighted by Gasteiger charge is 2.36. The van der Waals surface area contributed by atoms with E-state index in [1.54, 1.807) is 30.3 Å². The van der Waals surface area contributed by atoms with Gasteiger partial charge in [-0.15, -0.1) is 0 Å². The number of nitrogens with one attached hydrogen (secondary N) is 1. The SMILES string of the molecule is COc1ccc(Cl)cc1N1C[C@H](C(=O)NCc2ccc(F)cc2)CC1=O. The second-order valence-corrected chi connectivity index (χ2v) is 6.50. The predicted molar refractivity (Wildman–Crippen MR) is 96.7 cm³/mol. The quantitative estimate of drug-likeness (QED) is 0.872. The summed E-state index contributed by atoms with van der Waals surface area (Å²) >= 11 is 6.03. The van der Waals surface area contributed by atoms with E-state index in [0.717, 1.165) is 5.56 Å². The summed E-state index contributed by atoms with van der Waals surface area (Å²) in [6.45, 7) is 0.537. The van der Waals surface area contributed by atoms with Crippen LogP contribution in [0.5, 0.6) is 5.75 Å².